The van der Waals surface area contributed by atoms with Crippen molar-refractivity contribution in [1.82, 2.24) is 4.98 Å². The van der Waals surface area contributed by atoms with E-state index in [1.807, 2.05) is 0 Å². The van der Waals surface area contributed by atoms with E-state index in [0.717, 1.165) is 10.5 Å². The summed E-state index contributed by atoms with van der Waals surface area (Å²) in [6.07, 6.45) is 1.53. The van der Waals surface area contributed by atoms with Crippen LogP contribution in [0.4, 0.5) is 10.2 Å². The molecule has 2 rings (SSSR count). The van der Waals surface area contributed by atoms with Gasteiger partial charge in [-0.1, -0.05) is 15.9 Å². The Hall–Kier alpha value is -1.95. The average Bonchev–Trinajstić information content (AvgIpc) is 2.38. The summed E-state index contributed by atoms with van der Waals surface area (Å²) >= 11 is 3.26. The number of nitrogens with one attached hydrogen (secondary N) is 1. The summed E-state index contributed by atoms with van der Waals surface area (Å²) in [5, 5.41) is 2.52. The molecular weight excluding hydrogens is 315 g/mol. The number of methoxy groups -OCH3 is 1. The van der Waals surface area contributed by atoms with Crippen LogP contribution in [0.5, 0.6) is 5.75 Å². The molecule has 0 aliphatic rings. The number of anilines is 1. The second-order valence-corrected chi connectivity index (χ2v) is 4.57. The van der Waals surface area contributed by atoms with Crippen LogP contribution in [0.25, 0.3) is 0 Å². The predicted octanol–water partition coefficient (Wildman–Crippen LogP) is 3.24. The van der Waals surface area contributed by atoms with Crippen LogP contribution >= 0.6 is 15.9 Å². The summed E-state index contributed by atoms with van der Waals surface area (Å²) in [5.41, 5.74) is -0.0671. The Bertz CT molecular complexity index is 619. The van der Waals surface area contributed by atoms with Crippen molar-refractivity contribution in [3.05, 3.63) is 52.4 Å². The smallest absolute Gasteiger partial charge is 0.259 e. The summed E-state index contributed by atoms with van der Waals surface area (Å²) in [4.78, 5) is 15.9. The fourth-order valence-corrected chi connectivity index (χ4v) is 1.80. The van der Waals surface area contributed by atoms with E-state index in [-0.39, 0.29) is 5.56 Å². The average molecular weight is 325 g/mol. The Morgan fingerprint density at radius 3 is 2.79 bits per heavy atom. The number of ether oxygens (including phenoxy) is 1. The van der Waals surface area contributed by atoms with Crippen LogP contribution in [-0.4, -0.2) is 18.0 Å². The number of carbonyl (C=O) groups is 1. The van der Waals surface area contributed by atoms with Crippen LogP contribution in [-0.2, 0) is 0 Å². The molecule has 98 valence electrons. The first-order valence-electron chi connectivity index (χ1n) is 5.36. The number of halogens is 2. The first kappa shape index (κ1) is 13.5. The van der Waals surface area contributed by atoms with Gasteiger partial charge in [-0.05, 0) is 24.3 Å². The summed E-state index contributed by atoms with van der Waals surface area (Å²) in [6.45, 7) is 0. The first-order valence-corrected chi connectivity index (χ1v) is 6.16. The molecule has 0 spiro atoms. The van der Waals surface area contributed by atoms with Gasteiger partial charge in [0.1, 0.15) is 17.4 Å². The SMILES string of the molecule is COc1ccc(C(=O)Nc2cc(Br)ccn2)c(F)c1. The second kappa shape index (κ2) is 5.79. The Morgan fingerprint density at radius 1 is 1.37 bits per heavy atom. The second-order valence-electron chi connectivity index (χ2n) is 3.66. The van der Waals surface area contributed by atoms with Gasteiger partial charge < -0.3 is 10.1 Å². The molecule has 1 aromatic heterocycles. The molecule has 0 aliphatic heterocycles. The number of pyridine rings is 1. The third-order valence-corrected chi connectivity index (χ3v) is 2.88. The Labute approximate surface area is 117 Å². The fourth-order valence-electron chi connectivity index (χ4n) is 1.46. The van der Waals surface area contributed by atoms with Crippen molar-refractivity contribution in [1.29, 1.82) is 0 Å². The number of carbonyl (C=O) groups excluding carboxylic acids is 1. The third kappa shape index (κ3) is 3.29. The molecule has 0 saturated heterocycles. The van der Waals surface area contributed by atoms with E-state index in [2.05, 4.69) is 26.2 Å². The molecule has 0 atom stereocenters. The molecule has 0 radical (unpaired) electrons. The maximum atomic E-state index is 13.7. The zero-order chi connectivity index (χ0) is 13.8. The quantitative estimate of drug-likeness (QED) is 0.942. The van der Waals surface area contributed by atoms with Gasteiger partial charge in [0.15, 0.2) is 0 Å². The lowest BCUT2D eigenvalue weighted by Crippen LogP contribution is -2.14. The number of aromatic nitrogens is 1. The predicted molar refractivity (Wildman–Crippen MR) is 72.8 cm³/mol. The van der Waals surface area contributed by atoms with E-state index >= 15 is 0 Å². The highest BCUT2D eigenvalue weighted by atomic mass is 79.9. The van der Waals surface area contributed by atoms with E-state index in [4.69, 9.17) is 4.74 Å². The zero-order valence-electron chi connectivity index (χ0n) is 9.98. The van der Waals surface area contributed by atoms with Gasteiger partial charge in [0, 0.05) is 16.7 Å². The number of nitrogens with zero attached hydrogens (tertiary/aromatic N) is 1. The van der Waals surface area contributed by atoms with E-state index in [1.165, 1.54) is 25.4 Å². The molecule has 1 heterocycles. The fraction of sp³-hybridized carbons (Fsp3) is 0.0769. The molecule has 0 unspecified atom stereocenters. The lowest BCUT2D eigenvalue weighted by molar-refractivity contribution is 0.102. The number of rotatable bonds is 3. The Kier molecular flexibility index (Phi) is 4.11. The largest absolute Gasteiger partial charge is 0.497 e. The summed E-state index contributed by atoms with van der Waals surface area (Å²) in [5.74, 6) is -0.512. The van der Waals surface area contributed by atoms with E-state index in [0.29, 0.717) is 11.6 Å². The maximum absolute atomic E-state index is 13.7. The van der Waals surface area contributed by atoms with Gasteiger partial charge in [-0.15, -0.1) is 0 Å². The van der Waals surface area contributed by atoms with Crippen molar-refractivity contribution < 1.29 is 13.9 Å². The molecule has 4 nitrogen and oxygen atoms in total. The van der Waals surface area contributed by atoms with Crippen molar-refractivity contribution in [3.8, 4) is 5.75 Å². The lowest BCUT2D eigenvalue weighted by Gasteiger charge is -2.07. The van der Waals surface area contributed by atoms with Crippen LogP contribution < -0.4 is 10.1 Å². The standard InChI is InChI=1S/C13H10BrFN2O2/c1-19-9-2-3-10(11(15)7-9)13(18)17-12-6-8(14)4-5-16-12/h2-7H,1H3,(H,16,17,18). The number of amides is 1. The van der Waals surface area contributed by atoms with Crippen molar-refractivity contribution in [3.63, 3.8) is 0 Å². The van der Waals surface area contributed by atoms with Gasteiger partial charge in [0.05, 0.1) is 12.7 Å². The molecule has 0 aliphatic carbocycles. The molecule has 0 saturated carbocycles. The molecule has 0 fully saturated rings. The highest BCUT2D eigenvalue weighted by molar-refractivity contribution is 9.10. The highest BCUT2D eigenvalue weighted by Crippen LogP contribution is 2.18. The monoisotopic (exact) mass is 324 g/mol. The van der Waals surface area contributed by atoms with Gasteiger partial charge in [0.2, 0.25) is 0 Å². The Morgan fingerprint density at radius 2 is 2.16 bits per heavy atom. The Balaban J connectivity index is 2.20. The first-order chi connectivity index (χ1) is 9.10. The minimum Gasteiger partial charge on any atom is -0.497 e. The normalized spacial score (nSPS) is 10.1. The zero-order valence-corrected chi connectivity index (χ0v) is 11.6. The van der Waals surface area contributed by atoms with Crippen LogP contribution in [0.3, 0.4) is 0 Å². The van der Waals surface area contributed by atoms with Crippen LogP contribution in [0.2, 0.25) is 0 Å². The lowest BCUT2D eigenvalue weighted by atomic mass is 10.2. The molecule has 2 aromatic rings. The van der Waals surface area contributed by atoms with Gasteiger partial charge in [0.25, 0.3) is 5.91 Å². The van der Waals surface area contributed by atoms with Crippen molar-refractivity contribution in [2.45, 2.75) is 0 Å². The molecule has 6 heteroatoms. The van der Waals surface area contributed by atoms with Crippen molar-refractivity contribution in [2.24, 2.45) is 0 Å². The maximum Gasteiger partial charge on any atom is 0.259 e. The summed E-state index contributed by atoms with van der Waals surface area (Å²) < 4.78 is 19.3. The molecule has 0 bridgehead atoms. The van der Waals surface area contributed by atoms with Crippen LogP contribution in [0.15, 0.2) is 41.0 Å². The molecule has 1 aromatic carbocycles. The van der Waals surface area contributed by atoms with Gasteiger partial charge in [-0.25, -0.2) is 9.37 Å². The van der Waals surface area contributed by atoms with E-state index in [9.17, 15) is 9.18 Å². The minimum atomic E-state index is -0.646. The summed E-state index contributed by atoms with van der Waals surface area (Å²) in [7, 11) is 1.43. The van der Waals surface area contributed by atoms with Crippen LogP contribution in [0, 0.1) is 5.82 Å². The topological polar surface area (TPSA) is 51.2 Å². The minimum absolute atomic E-state index is 0.0671. The summed E-state index contributed by atoms with van der Waals surface area (Å²) in [6, 6.07) is 7.39. The highest BCUT2D eigenvalue weighted by Gasteiger charge is 2.13. The number of hydrogen-bond donors (Lipinski definition) is 1. The van der Waals surface area contributed by atoms with Gasteiger partial charge >= 0.3 is 0 Å². The number of hydrogen-bond acceptors (Lipinski definition) is 3. The van der Waals surface area contributed by atoms with Gasteiger partial charge in [-0.3, -0.25) is 4.79 Å². The van der Waals surface area contributed by atoms with Crippen LogP contribution in [0.1, 0.15) is 10.4 Å². The molecule has 1 N–H and O–H groups in total. The number of benzene rings is 1. The van der Waals surface area contributed by atoms with E-state index in [1.54, 1.807) is 12.1 Å². The molecular formula is C13H10BrFN2O2. The van der Waals surface area contributed by atoms with Crippen molar-refractivity contribution >= 4 is 27.7 Å². The molecule has 19 heavy (non-hydrogen) atoms. The van der Waals surface area contributed by atoms with E-state index < -0.39 is 11.7 Å². The van der Waals surface area contributed by atoms with Gasteiger partial charge in [-0.2, -0.15) is 0 Å². The van der Waals surface area contributed by atoms with Crippen molar-refractivity contribution in [2.75, 3.05) is 12.4 Å². The molecule has 1 amide bonds. The third-order valence-electron chi connectivity index (χ3n) is 2.38.